The van der Waals surface area contributed by atoms with Crippen LogP contribution in [0.25, 0.3) is 5.52 Å². The Kier molecular flexibility index (Phi) is 4.29. The minimum absolute atomic E-state index is 0.150. The van der Waals surface area contributed by atoms with Gasteiger partial charge in [-0.1, -0.05) is 24.3 Å². The van der Waals surface area contributed by atoms with Crippen LogP contribution in [0.3, 0.4) is 0 Å². The summed E-state index contributed by atoms with van der Waals surface area (Å²) in [7, 11) is -3.40. The summed E-state index contributed by atoms with van der Waals surface area (Å²) in [6, 6.07) is 14.7. The summed E-state index contributed by atoms with van der Waals surface area (Å²) in [5.74, 6) is 0. The molecule has 4 rings (SSSR count). The van der Waals surface area contributed by atoms with Crippen molar-refractivity contribution in [1.82, 2.24) is 19.2 Å². The molecule has 1 aliphatic heterocycles. The lowest BCUT2D eigenvalue weighted by Crippen LogP contribution is -2.34. The molecule has 1 fully saturated rings. The molecule has 0 bridgehead atoms. The standard InChI is InChI=1S/C18H20N4O2S/c23-25(24,17-6-2-1-3-7-17)21-11-9-16(14-21)19-12-15-13-20-22-10-5-4-8-18(15)22/h1-8,10,13,16,19H,9,11-12,14H2/t16-/m0/s1. The monoisotopic (exact) mass is 356 g/mol. The van der Waals surface area contributed by atoms with Crippen molar-refractivity contribution in [2.45, 2.75) is 23.9 Å². The summed E-state index contributed by atoms with van der Waals surface area (Å²) in [5, 5.41) is 7.80. The average molecular weight is 356 g/mol. The van der Waals surface area contributed by atoms with Gasteiger partial charge in [-0.15, -0.1) is 0 Å². The van der Waals surface area contributed by atoms with E-state index in [4.69, 9.17) is 0 Å². The third kappa shape index (κ3) is 3.18. The molecule has 0 aliphatic carbocycles. The Morgan fingerprint density at radius 3 is 2.76 bits per heavy atom. The number of sulfonamides is 1. The van der Waals surface area contributed by atoms with Gasteiger partial charge in [0.1, 0.15) is 0 Å². The van der Waals surface area contributed by atoms with Crippen molar-refractivity contribution in [1.29, 1.82) is 0 Å². The predicted octanol–water partition coefficient (Wildman–Crippen LogP) is 1.89. The van der Waals surface area contributed by atoms with Crippen LogP contribution in [0.4, 0.5) is 0 Å². The molecule has 0 unspecified atom stereocenters. The number of fused-ring (bicyclic) bond motifs is 1. The highest BCUT2D eigenvalue weighted by Crippen LogP contribution is 2.21. The van der Waals surface area contributed by atoms with Crippen LogP contribution in [0.15, 0.2) is 65.8 Å². The number of hydrogen-bond donors (Lipinski definition) is 1. The fourth-order valence-electron chi connectivity index (χ4n) is 3.23. The maximum absolute atomic E-state index is 12.7. The zero-order valence-electron chi connectivity index (χ0n) is 13.7. The second-order valence-electron chi connectivity index (χ2n) is 6.24. The quantitative estimate of drug-likeness (QED) is 0.758. The number of nitrogens with one attached hydrogen (secondary N) is 1. The Morgan fingerprint density at radius 2 is 1.92 bits per heavy atom. The van der Waals surface area contributed by atoms with Crippen LogP contribution in [-0.2, 0) is 16.6 Å². The van der Waals surface area contributed by atoms with Crippen molar-refractivity contribution in [3.05, 3.63) is 66.5 Å². The fraction of sp³-hybridized carbons (Fsp3) is 0.278. The van der Waals surface area contributed by atoms with Gasteiger partial charge in [-0.05, 0) is 30.7 Å². The first-order chi connectivity index (χ1) is 12.1. The molecule has 1 N–H and O–H groups in total. The average Bonchev–Trinajstić information content (AvgIpc) is 3.28. The first-order valence-electron chi connectivity index (χ1n) is 8.34. The van der Waals surface area contributed by atoms with Gasteiger partial charge >= 0.3 is 0 Å². The van der Waals surface area contributed by atoms with E-state index in [1.165, 1.54) is 0 Å². The Bertz CT molecular complexity index is 969. The van der Waals surface area contributed by atoms with Crippen LogP contribution in [0.5, 0.6) is 0 Å². The summed E-state index contributed by atoms with van der Waals surface area (Å²) in [6.07, 6.45) is 4.59. The fourth-order valence-corrected chi connectivity index (χ4v) is 4.75. The Labute approximate surface area is 147 Å². The van der Waals surface area contributed by atoms with E-state index < -0.39 is 10.0 Å². The van der Waals surface area contributed by atoms with Gasteiger partial charge in [0.25, 0.3) is 0 Å². The highest BCUT2D eigenvalue weighted by atomic mass is 32.2. The summed E-state index contributed by atoms with van der Waals surface area (Å²) < 4.78 is 28.8. The van der Waals surface area contributed by atoms with Crippen LogP contribution < -0.4 is 5.32 Å². The van der Waals surface area contributed by atoms with Gasteiger partial charge in [-0.2, -0.15) is 9.40 Å². The molecule has 130 valence electrons. The molecule has 3 aromatic rings. The van der Waals surface area contributed by atoms with Crippen molar-refractivity contribution in [2.75, 3.05) is 13.1 Å². The second-order valence-corrected chi connectivity index (χ2v) is 8.18. The van der Waals surface area contributed by atoms with Crippen molar-refractivity contribution in [3.63, 3.8) is 0 Å². The molecule has 0 amide bonds. The normalized spacial score (nSPS) is 18.8. The Balaban J connectivity index is 1.41. The molecule has 3 heterocycles. The number of hydrogen-bond acceptors (Lipinski definition) is 4. The molecule has 0 saturated carbocycles. The molecule has 1 aromatic carbocycles. The van der Waals surface area contributed by atoms with E-state index >= 15 is 0 Å². The van der Waals surface area contributed by atoms with E-state index in [2.05, 4.69) is 10.4 Å². The van der Waals surface area contributed by atoms with Crippen molar-refractivity contribution in [2.24, 2.45) is 0 Å². The van der Waals surface area contributed by atoms with Gasteiger partial charge in [0.15, 0.2) is 0 Å². The van der Waals surface area contributed by atoms with E-state index in [1.807, 2.05) is 41.2 Å². The zero-order valence-corrected chi connectivity index (χ0v) is 14.6. The second kappa shape index (κ2) is 6.59. The maximum Gasteiger partial charge on any atom is 0.243 e. The van der Waals surface area contributed by atoms with Crippen LogP contribution in [0, 0.1) is 0 Å². The predicted molar refractivity (Wildman–Crippen MR) is 95.6 cm³/mol. The molecule has 0 radical (unpaired) electrons. The molecule has 1 saturated heterocycles. The van der Waals surface area contributed by atoms with E-state index in [1.54, 1.807) is 28.6 Å². The maximum atomic E-state index is 12.7. The van der Waals surface area contributed by atoms with Gasteiger partial charge in [-0.25, -0.2) is 12.9 Å². The van der Waals surface area contributed by atoms with Gasteiger partial charge in [0.05, 0.1) is 16.6 Å². The van der Waals surface area contributed by atoms with E-state index in [9.17, 15) is 8.42 Å². The zero-order chi connectivity index (χ0) is 17.3. The highest BCUT2D eigenvalue weighted by molar-refractivity contribution is 7.89. The van der Waals surface area contributed by atoms with E-state index in [0.717, 1.165) is 17.5 Å². The van der Waals surface area contributed by atoms with Crippen LogP contribution >= 0.6 is 0 Å². The molecule has 2 aromatic heterocycles. The number of aromatic nitrogens is 2. The molecule has 1 atom stereocenters. The minimum atomic E-state index is -3.40. The van der Waals surface area contributed by atoms with Crippen LogP contribution in [-0.4, -0.2) is 41.5 Å². The smallest absolute Gasteiger partial charge is 0.243 e. The first-order valence-corrected chi connectivity index (χ1v) is 9.78. The Morgan fingerprint density at radius 1 is 1.12 bits per heavy atom. The summed E-state index contributed by atoms with van der Waals surface area (Å²) in [5.41, 5.74) is 2.19. The SMILES string of the molecule is O=S(=O)(c1ccccc1)N1CC[C@H](NCc2cnn3ccccc23)C1. The molecule has 1 aliphatic rings. The lowest BCUT2D eigenvalue weighted by Gasteiger charge is -2.17. The summed E-state index contributed by atoms with van der Waals surface area (Å²) in [6.45, 7) is 1.72. The molecule has 0 spiro atoms. The van der Waals surface area contributed by atoms with Crippen molar-refractivity contribution in [3.8, 4) is 0 Å². The topological polar surface area (TPSA) is 66.7 Å². The molecule has 7 heteroatoms. The van der Waals surface area contributed by atoms with Gasteiger partial charge in [-0.3, -0.25) is 0 Å². The minimum Gasteiger partial charge on any atom is -0.308 e. The molecular weight excluding hydrogens is 336 g/mol. The number of rotatable bonds is 5. The lowest BCUT2D eigenvalue weighted by molar-refractivity contribution is 0.456. The Hall–Kier alpha value is -2.22. The van der Waals surface area contributed by atoms with Gasteiger partial charge in [0, 0.05) is 37.4 Å². The molecule has 25 heavy (non-hydrogen) atoms. The summed E-state index contributed by atoms with van der Waals surface area (Å²) >= 11 is 0. The largest absolute Gasteiger partial charge is 0.308 e. The van der Waals surface area contributed by atoms with E-state index in [-0.39, 0.29) is 6.04 Å². The number of benzene rings is 1. The number of nitrogens with zero attached hydrogens (tertiary/aromatic N) is 3. The van der Waals surface area contributed by atoms with E-state index in [0.29, 0.717) is 24.5 Å². The third-order valence-electron chi connectivity index (χ3n) is 4.62. The van der Waals surface area contributed by atoms with Crippen LogP contribution in [0.2, 0.25) is 0 Å². The number of pyridine rings is 1. The lowest BCUT2D eigenvalue weighted by atomic mass is 10.2. The van der Waals surface area contributed by atoms with Crippen LogP contribution in [0.1, 0.15) is 12.0 Å². The highest BCUT2D eigenvalue weighted by Gasteiger charge is 2.32. The van der Waals surface area contributed by atoms with Gasteiger partial charge < -0.3 is 5.32 Å². The molecular formula is C18H20N4O2S. The van der Waals surface area contributed by atoms with Crippen molar-refractivity contribution >= 4 is 15.5 Å². The summed E-state index contributed by atoms with van der Waals surface area (Å²) in [4.78, 5) is 0.360. The first kappa shape index (κ1) is 16.3. The molecule has 6 nitrogen and oxygen atoms in total. The van der Waals surface area contributed by atoms with Crippen molar-refractivity contribution < 1.29 is 8.42 Å². The third-order valence-corrected chi connectivity index (χ3v) is 6.50. The van der Waals surface area contributed by atoms with Gasteiger partial charge in [0.2, 0.25) is 10.0 Å².